The maximum absolute atomic E-state index is 13.1. The van der Waals surface area contributed by atoms with Crippen molar-refractivity contribution < 1.29 is 4.79 Å². The van der Waals surface area contributed by atoms with Crippen LogP contribution in [0.4, 0.5) is 0 Å². The lowest BCUT2D eigenvalue weighted by Gasteiger charge is -2.42. The standard InChI is InChI=1S/C24H28N4O/c1-26-14-7-10-20(26)23(29)27-16-12-24(13-17-27,19-8-3-2-4-9-19)21-18-28-15-6-5-11-22(28)25-21/h2-6,8-9,11,15,18,20H,7,10,12-14,16-17H2,1H3/t20-/m0/s1. The highest BCUT2D eigenvalue weighted by Crippen LogP contribution is 2.41. The SMILES string of the molecule is CN1CCC[C@H]1C(=O)N1CCC(c2ccccc2)(c2cn3ccccc3n2)CC1. The summed E-state index contributed by atoms with van der Waals surface area (Å²) in [5.74, 6) is 0.307. The molecule has 0 spiro atoms. The molecule has 1 aromatic carbocycles. The molecule has 5 rings (SSSR count). The number of carbonyl (C=O) groups is 1. The summed E-state index contributed by atoms with van der Waals surface area (Å²) in [4.78, 5) is 22.4. The molecule has 2 saturated heterocycles. The first-order valence-electron chi connectivity index (χ1n) is 10.7. The lowest BCUT2D eigenvalue weighted by molar-refractivity contribution is -0.137. The van der Waals surface area contributed by atoms with Crippen LogP contribution in [0.25, 0.3) is 5.65 Å². The van der Waals surface area contributed by atoms with Gasteiger partial charge in [0, 0.05) is 30.9 Å². The van der Waals surface area contributed by atoms with Crippen LogP contribution in [0.1, 0.15) is 36.9 Å². The number of rotatable bonds is 3. The predicted octanol–water partition coefficient (Wildman–Crippen LogP) is 3.34. The minimum Gasteiger partial charge on any atom is -0.341 e. The molecule has 3 aromatic rings. The third-order valence-corrected chi connectivity index (χ3v) is 6.91. The lowest BCUT2D eigenvalue weighted by Crippen LogP contribution is -2.51. The molecule has 150 valence electrons. The Kier molecular flexibility index (Phi) is 4.63. The predicted molar refractivity (Wildman–Crippen MR) is 114 cm³/mol. The second kappa shape index (κ2) is 7.30. The number of imidazole rings is 1. The fourth-order valence-electron chi connectivity index (χ4n) is 5.16. The van der Waals surface area contributed by atoms with E-state index in [0.29, 0.717) is 5.91 Å². The van der Waals surface area contributed by atoms with Gasteiger partial charge >= 0.3 is 0 Å². The van der Waals surface area contributed by atoms with Crippen LogP contribution in [0.15, 0.2) is 60.9 Å². The van der Waals surface area contributed by atoms with Gasteiger partial charge in [-0.3, -0.25) is 9.69 Å². The van der Waals surface area contributed by atoms with Crippen LogP contribution in [0.5, 0.6) is 0 Å². The van der Waals surface area contributed by atoms with Gasteiger partial charge in [0.05, 0.1) is 11.7 Å². The van der Waals surface area contributed by atoms with E-state index in [1.54, 1.807) is 0 Å². The monoisotopic (exact) mass is 388 g/mol. The van der Waals surface area contributed by atoms with Gasteiger partial charge < -0.3 is 9.30 Å². The molecule has 4 heterocycles. The Morgan fingerprint density at radius 3 is 2.48 bits per heavy atom. The summed E-state index contributed by atoms with van der Waals surface area (Å²) in [6.07, 6.45) is 8.15. The number of nitrogens with zero attached hydrogens (tertiary/aromatic N) is 4. The second-order valence-corrected chi connectivity index (χ2v) is 8.50. The van der Waals surface area contributed by atoms with Crippen LogP contribution < -0.4 is 0 Å². The first-order valence-corrected chi connectivity index (χ1v) is 10.7. The van der Waals surface area contributed by atoms with E-state index < -0.39 is 0 Å². The van der Waals surface area contributed by atoms with E-state index in [9.17, 15) is 4.79 Å². The van der Waals surface area contributed by atoms with Gasteiger partial charge in [-0.1, -0.05) is 36.4 Å². The third kappa shape index (κ3) is 3.14. The van der Waals surface area contributed by atoms with Crippen molar-refractivity contribution in [1.82, 2.24) is 19.2 Å². The molecule has 0 bridgehead atoms. The van der Waals surface area contributed by atoms with Crippen molar-refractivity contribution in [2.75, 3.05) is 26.7 Å². The number of pyridine rings is 1. The number of piperidine rings is 1. The van der Waals surface area contributed by atoms with Gasteiger partial charge in [-0.2, -0.15) is 0 Å². The van der Waals surface area contributed by atoms with Crippen molar-refractivity contribution in [3.63, 3.8) is 0 Å². The lowest BCUT2D eigenvalue weighted by atomic mass is 9.70. The summed E-state index contributed by atoms with van der Waals surface area (Å²) >= 11 is 0. The molecule has 0 N–H and O–H groups in total. The molecule has 2 aliphatic heterocycles. The summed E-state index contributed by atoms with van der Waals surface area (Å²) in [5, 5.41) is 0. The molecule has 2 aromatic heterocycles. The zero-order valence-electron chi connectivity index (χ0n) is 17.0. The largest absolute Gasteiger partial charge is 0.341 e. The molecular formula is C24H28N4O. The maximum Gasteiger partial charge on any atom is 0.239 e. The molecule has 0 aliphatic carbocycles. The van der Waals surface area contributed by atoms with Crippen molar-refractivity contribution >= 4 is 11.6 Å². The Hall–Kier alpha value is -2.66. The topological polar surface area (TPSA) is 40.9 Å². The zero-order chi connectivity index (χ0) is 19.8. The van der Waals surface area contributed by atoms with Gasteiger partial charge in [0.25, 0.3) is 0 Å². The Balaban J connectivity index is 1.46. The Bertz CT molecular complexity index is 971. The summed E-state index contributed by atoms with van der Waals surface area (Å²) in [6.45, 7) is 2.59. The van der Waals surface area contributed by atoms with Gasteiger partial charge in [-0.05, 0) is 57.0 Å². The molecule has 0 radical (unpaired) electrons. The van der Waals surface area contributed by atoms with Crippen molar-refractivity contribution in [2.45, 2.75) is 37.1 Å². The van der Waals surface area contributed by atoms with Crippen molar-refractivity contribution in [3.05, 3.63) is 72.2 Å². The molecule has 1 amide bonds. The third-order valence-electron chi connectivity index (χ3n) is 6.91. The van der Waals surface area contributed by atoms with E-state index >= 15 is 0 Å². The van der Waals surface area contributed by atoms with Gasteiger partial charge in [-0.25, -0.2) is 4.98 Å². The highest BCUT2D eigenvalue weighted by molar-refractivity contribution is 5.82. The van der Waals surface area contributed by atoms with Crippen molar-refractivity contribution in [2.24, 2.45) is 0 Å². The van der Waals surface area contributed by atoms with E-state index in [4.69, 9.17) is 4.98 Å². The number of aromatic nitrogens is 2. The number of amides is 1. The minimum atomic E-state index is -0.147. The van der Waals surface area contributed by atoms with Gasteiger partial charge in [0.15, 0.2) is 0 Å². The second-order valence-electron chi connectivity index (χ2n) is 8.50. The molecule has 5 heteroatoms. The number of benzene rings is 1. The molecule has 0 unspecified atom stereocenters. The van der Waals surface area contributed by atoms with Crippen LogP contribution in [0, 0.1) is 0 Å². The molecule has 2 aliphatic rings. The van der Waals surface area contributed by atoms with Gasteiger partial charge in [-0.15, -0.1) is 0 Å². The van der Waals surface area contributed by atoms with E-state index in [0.717, 1.165) is 56.7 Å². The van der Waals surface area contributed by atoms with E-state index in [2.05, 4.69) is 70.0 Å². The van der Waals surface area contributed by atoms with E-state index in [1.807, 2.05) is 12.1 Å². The first-order chi connectivity index (χ1) is 14.2. The summed E-state index contributed by atoms with van der Waals surface area (Å²) in [6, 6.07) is 16.9. The Labute approximate surface area is 172 Å². The highest BCUT2D eigenvalue weighted by atomic mass is 16.2. The number of likely N-dealkylation sites (N-methyl/N-ethyl adjacent to an activating group) is 1. The van der Waals surface area contributed by atoms with Crippen molar-refractivity contribution in [3.8, 4) is 0 Å². The van der Waals surface area contributed by atoms with Crippen LogP contribution >= 0.6 is 0 Å². The van der Waals surface area contributed by atoms with Crippen LogP contribution in [0.3, 0.4) is 0 Å². The molecule has 0 saturated carbocycles. The fraction of sp³-hybridized carbons (Fsp3) is 0.417. The zero-order valence-corrected chi connectivity index (χ0v) is 17.0. The smallest absolute Gasteiger partial charge is 0.239 e. The van der Waals surface area contributed by atoms with E-state index in [1.165, 1.54) is 5.56 Å². The van der Waals surface area contributed by atoms with Gasteiger partial charge in [0.2, 0.25) is 5.91 Å². The quantitative estimate of drug-likeness (QED) is 0.691. The normalized spacial score (nSPS) is 22.2. The van der Waals surface area contributed by atoms with Crippen LogP contribution in [-0.2, 0) is 10.2 Å². The Morgan fingerprint density at radius 2 is 1.79 bits per heavy atom. The summed E-state index contributed by atoms with van der Waals surface area (Å²) in [5.41, 5.74) is 3.24. The number of carbonyl (C=O) groups excluding carboxylic acids is 1. The van der Waals surface area contributed by atoms with Crippen molar-refractivity contribution in [1.29, 1.82) is 0 Å². The average Bonchev–Trinajstić information content (AvgIpc) is 3.40. The molecule has 1 atom stereocenters. The van der Waals surface area contributed by atoms with Crippen LogP contribution in [-0.4, -0.2) is 57.8 Å². The maximum atomic E-state index is 13.1. The highest BCUT2D eigenvalue weighted by Gasteiger charge is 2.42. The Morgan fingerprint density at radius 1 is 1.03 bits per heavy atom. The average molecular weight is 389 g/mol. The molecule has 5 nitrogen and oxygen atoms in total. The molecular weight excluding hydrogens is 360 g/mol. The minimum absolute atomic E-state index is 0.0643. The molecule has 2 fully saturated rings. The van der Waals surface area contributed by atoms with E-state index in [-0.39, 0.29) is 11.5 Å². The summed E-state index contributed by atoms with van der Waals surface area (Å²) < 4.78 is 2.10. The number of hydrogen-bond acceptors (Lipinski definition) is 3. The van der Waals surface area contributed by atoms with Gasteiger partial charge in [0.1, 0.15) is 5.65 Å². The molecule has 29 heavy (non-hydrogen) atoms. The van der Waals surface area contributed by atoms with Crippen LogP contribution in [0.2, 0.25) is 0 Å². The number of fused-ring (bicyclic) bond motifs is 1. The number of likely N-dealkylation sites (tertiary alicyclic amines) is 2. The number of hydrogen-bond donors (Lipinski definition) is 0. The first kappa shape index (κ1) is 18.4. The summed E-state index contributed by atoms with van der Waals surface area (Å²) in [7, 11) is 2.07. The fourth-order valence-corrected chi connectivity index (χ4v) is 5.16.